The Labute approximate surface area is 205 Å². The van der Waals surface area contributed by atoms with Crippen molar-refractivity contribution >= 4 is 27.9 Å². The molecule has 5 atom stereocenters. The van der Waals surface area contributed by atoms with Crippen LogP contribution in [-0.4, -0.2) is 79.6 Å². The van der Waals surface area contributed by atoms with Crippen LogP contribution in [0, 0.1) is 5.92 Å². The molecule has 34 heavy (non-hydrogen) atoms. The largest absolute Gasteiger partial charge is 0.392 e. The summed E-state index contributed by atoms with van der Waals surface area (Å²) in [6, 6.07) is 8.87. The molecule has 2 N–H and O–H groups in total. The Morgan fingerprint density at radius 1 is 1.18 bits per heavy atom. The van der Waals surface area contributed by atoms with Gasteiger partial charge in [-0.15, -0.1) is 6.58 Å². The summed E-state index contributed by atoms with van der Waals surface area (Å²) >= 11 is 0. The molecular formula is C23H39NO7S2Si. The summed E-state index contributed by atoms with van der Waals surface area (Å²) < 4.78 is 64.8. The van der Waals surface area contributed by atoms with Gasteiger partial charge in [0.2, 0.25) is 10.0 Å². The second-order valence-corrected chi connectivity index (χ2v) is 19.6. The number of aliphatic hydroxyl groups excluding tert-OH is 1. The lowest BCUT2D eigenvalue weighted by molar-refractivity contribution is -0.0299. The summed E-state index contributed by atoms with van der Waals surface area (Å²) in [6.45, 7) is 9.93. The maximum atomic E-state index is 13.0. The van der Waals surface area contributed by atoms with Gasteiger partial charge in [-0.25, -0.2) is 21.6 Å². The van der Waals surface area contributed by atoms with Crippen LogP contribution >= 0.6 is 0 Å². The molecule has 0 aromatic heterocycles. The summed E-state index contributed by atoms with van der Waals surface area (Å²) in [5, 5.41) is 10.5. The third-order valence-electron chi connectivity index (χ3n) is 5.96. The van der Waals surface area contributed by atoms with Gasteiger partial charge >= 0.3 is 0 Å². The van der Waals surface area contributed by atoms with Crippen molar-refractivity contribution in [1.82, 2.24) is 4.72 Å². The van der Waals surface area contributed by atoms with Crippen molar-refractivity contribution in [2.45, 2.75) is 67.8 Å². The van der Waals surface area contributed by atoms with Crippen molar-refractivity contribution in [3.8, 4) is 0 Å². The fourth-order valence-electron chi connectivity index (χ4n) is 4.07. The van der Waals surface area contributed by atoms with Crippen LogP contribution in [0.4, 0.5) is 0 Å². The first-order valence-electron chi connectivity index (χ1n) is 11.5. The predicted molar refractivity (Wildman–Crippen MR) is 137 cm³/mol. The number of nitrogens with one attached hydrogen (secondary N) is 1. The quantitative estimate of drug-likeness (QED) is 0.278. The molecule has 0 radical (unpaired) electrons. The SMILES string of the molecule is C=CC[C@@H]1O[C@H](C[C@H](O)CNS(=O)(=O)CC[Si](C)(C)C)[C@H](OC)[C@H]1CS(=O)(=O)c1ccccc1. The minimum atomic E-state index is -3.58. The third-order valence-corrected chi connectivity index (χ3v) is 11.2. The highest BCUT2D eigenvalue weighted by atomic mass is 32.2. The van der Waals surface area contributed by atoms with E-state index in [0.29, 0.717) is 12.5 Å². The summed E-state index contributed by atoms with van der Waals surface area (Å²) in [6.07, 6.45) is -0.362. The van der Waals surface area contributed by atoms with Crippen LogP contribution in [0.5, 0.6) is 0 Å². The van der Waals surface area contributed by atoms with Gasteiger partial charge in [0.25, 0.3) is 0 Å². The molecule has 1 aromatic rings. The average molecular weight is 534 g/mol. The number of benzene rings is 1. The second kappa shape index (κ2) is 12.2. The number of hydrogen-bond acceptors (Lipinski definition) is 7. The Kier molecular flexibility index (Phi) is 10.5. The van der Waals surface area contributed by atoms with Crippen LogP contribution in [0.1, 0.15) is 12.8 Å². The molecule has 0 aliphatic carbocycles. The van der Waals surface area contributed by atoms with Gasteiger partial charge in [-0.1, -0.05) is 43.9 Å². The fourth-order valence-corrected chi connectivity index (χ4v) is 9.86. The van der Waals surface area contributed by atoms with Crippen LogP contribution in [0.25, 0.3) is 0 Å². The Bertz CT molecular complexity index is 994. The summed E-state index contributed by atoms with van der Waals surface area (Å²) in [5.41, 5.74) is 0. The lowest BCUT2D eigenvalue weighted by atomic mass is 9.94. The molecule has 11 heteroatoms. The normalized spacial score (nSPS) is 24.7. The molecule has 1 saturated heterocycles. The van der Waals surface area contributed by atoms with Gasteiger partial charge in [-0.3, -0.25) is 0 Å². The molecule has 0 saturated carbocycles. The molecule has 1 aliphatic rings. The second-order valence-electron chi connectivity index (χ2n) is 10.1. The standard InChI is InChI=1S/C23H39NO7S2Si/c1-6-10-21-20(17-32(26,27)19-11-8-7-9-12-19)23(30-2)22(31-21)15-18(25)16-24-33(28,29)13-14-34(3,4)5/h6-9,11-12,18,20-25H,1,10,13-17H2,2-5H3/t18-,20-,21-,22+,23+/m0/s1. The lowest BCUT2D eigenvalue weighted by Gasteiger charge is -2.24. The number of hydrogen-bond donors (Lipinski definition) is 2. The maximum absolute atomic E-state index is 13.0. The van der Waals surface area contributed by atoms with E-state index in [2.05, 4.69) is 30.9 Å². The number of rotatable bonds is 14. The van der Waals surface area contributed by atoms with Crippen LogP contribution < -0.4 is 4.72 Å². The number of sulfone groups is 1. The maximum Gasteiger partial charge on any atom is 0.211 e. The Hall–Kier alpha value is -1.08. The molecule has 0 amide bonds. The van der Waals surface area contributed by atoms with E-state index in [9.17, 15) is 21.9 Å². The molecule has 1 fully saturated rings. The molecule has 1 heterocycles. The van der Waals surface area contributed by atoms with Crippen molar-refractivity contribution in [3.63, 3.8) is 0 Å². The van der Waals surface area contributed by atoms with E-state index in [4.69, 9.17) is 9.47 Å². The number of aliphatic hydroxyl groups is 1. The summed E-state index contributed by atoms with van der Waals surface area (Å²) in [7, 11) is -7.09. The van der Waals surface area contributed by atoms with E-state index in [1.807, 2.05) is 0 Å². The van der Waals surface area contributed by atoms with Crippen LogP contribution in [0.15, 0.2) is 47.9 Å². The molecule has 8 nitrogen and oxygen atoms in total. The summed E-state index contributed by atoms with van der Waals surface area (Å²) in [5.74, 6) is -0.584. The van der Waals surface area contributed by atoms with Crippen molar-refractivity contribution in [3.05, 3.63) is 43.0 Å². The van der Waals surface area contributed by atoms with Crippen molar-refractivity contribution in [2.75, 3.05) is 25.2 Å². The van der Waals surface area contributed by atoms with Gasteiger partial charge in [-0.05, 0) is 24.6 Å². The molecule has 1 aliphatic heterocycles. The third kappa shape index (κ3) is 8.85. The molecule has 1 aromatic carbocycles. The van der Waals surface area contributed by atoms with Gasteiger partial charge in [-0.2, -0.15) is 0 Å². The number of sulfonamides is 1. The van der Waals surface area contributed by atoms with E-state index < -0.39 is 58.3 Å². The number of methoxy groups -OCH3 is 1. The van der Waals surface area contributed by atoms with E-state index >= 15 is 0 Å². The van der Waals surface area contributed by atoms with Crippen LogP contribution in [0.3, 0.4) is 0 Å². The monoisotopic (exact) mass is 533 g/mol. The van der Waals surface area contributed by atoms with Gasteiger partial charge in [0, 0.05) is 34.1 Å². The fraction of sp³-hybridized carbons (Fsp3) is 0.652. The van der Waals surface area contributed by atoms with Crippen LogP contribution in [0.2, 0.25) is 25.7 Å². The van der Waals surface area contributed by atoms with Gasteiger partial charge < -0.3 is 14.6 Å². The van der Waals surface area contributed by atoms with Gasteiger partial charge in [0.1, 0.15) is 0 Å². The van der Waals surface area contributed by atoms with E-state index in [1.165, 1.54) is 7.11 Å². The van der Waals surface area contributed by atoms with Crippen molar-refractivity contribution in [2.24, 2.45) is 5.92 Å². The highest BCUT2D eigenvalue weighted by Gasteiger charge is 2.46. The molecule has 0 spiro atoms. The highest BCUT2D eigenvalue weighted by Crippen LogP contribution is 2.35. The highest BCUT2D eigenvalue weighted by molar-refractivity contribution is 7.91. The first-order valence-corrected chi connectivity index (χ1v) is 18.5. The molecule has 0 bridgehead atoms. The topological polar surface area (TPSA) is 119 Å². The first kappa shape index (κ1) is 29.1. The van der Waals surface area contributed by atoms with E-state index in [1.54, 1.807) is 36.4 Å². The van der Waals surface area contributed by atoms with Crippen LogP contribution in [-0.2, 0) is 29.3 Å². The van der Waals surface area contributed by atoms with Crippen molar-refractivity contribution in [1.29, 1.82) is 0 Å². The lowest BCUT2D eigenvalue weighted by Crippen LogP contribution is -2.40. The zero-order valence-corrected chi connectivity index (χ0v) is 23.1. The smallest absolute Gasteiger partial charge is 0.211 e. The summed E-state index contributed by atoms with van der Waals surface area (Å²) in [4.78, 5) is 0.235. The molecule has 194 valence electrons. The Balaban J connectivity index is 2.06. The van der Waals surface area contributed by atoms with E-state index in [-0.39, 0.29) is 29.4 Å². The van der Waals surface area contributed by atoms with Gasteiger partial charge in [0.15, 0.2) is 9.84 Å². The average Bonchev–Trinajstić information content (AvgIpc) is 3.06. The van der Waals surface area contributed by atoms with Crippen molar-refractivity contribution < 1.29 is 31.4 Å². The molecule has 0 unspecified atom stereocenters. The molecular weight excluding hydrogens is 494 g/mol. The Morgan fingerprint density at radius 3 is 2.38 bits per heavy atom. The molecule has 2 rings (SSSR count). The Morgan fingerprint density at radius 2 is 1.82 bits per heavy atom. The minimum Gasteiger partial charge on any atom is -0.392 e. The first-order chi connectivity index (χ1) is 15.8. The minimum absolute atomic E-state index is 0.0386. The predicted octanol–water partition coefficient (Wildman–Crippen LogP) is 2.44. The zero-order valence-electron chi connectivity index (χ0n) is 20.5. The number of ether oxygens (including phenoxy) is 2. The van der Waals surface area contributed by atoms with E-state index in [0.717, 1.165) is 0 Å². The van der Waals surface area contributed by atoms with Gasteiger partial charge in [0.05, 0.1) is 40.8 Å². The zero-order chi connectivity index (χ0) is 25.6.